The molecular weight excluding hydrogens is 338 g/mol. The van der Waals surface area contributed by atoms with E-state index in [1.807, 2.05) is 12.1 Å². The molecule has 24 heavy (non-hydrogen) atoms. The molecule has 0 saturated carbocycles. The maximum atomic E-state index is 11.8. The Labute approximate surface area is 141 Å². The second kappa shape index (κ2) is 7.71. The fourth-order valence-electron chi connectivity index (χ4n) is 2.34. The lowest BCUT2D eigenvalue weighted by Crippen LogP contribution is -2.28. The summed E-state index contributed by atoms with van der Waals surface area (Å²) in [5, 5.41) is 0. The summed E-state index contributed by atoms with van der Waals surface area (Å²) in [6, 6.07) is 5.55. The molecule has 0 unspecified atom stereocenters. The maximum Gasteiger partial charge on any atom is 0.410 e. The van der Waals surface area contributed by atoms with Crippen molar-refractivity contribution >= 4 is 16.2 Å². The predicted octanol–water partition coefficient (Wildman–Crippen LogP) is 1.04. The fraction of sp³-hybridized carbons (Fsp3) is 0.533. The highest BCUT2D eigenvalue weighted by Gasteiger charge is 2.31. The summed E-state index contributed by atoms with van der Waals surface area (Å²) < 4.78 is 42.1. The van der Waals surface area contributed by atoms with Gasteiger partial charge in [0.1, 0.15) is 12.7 Å². The lowest BCUT2D eigenvalue weighted by atomic mass is 10.1. The van der Waals surface area contributed by atoms with Crippen LogP contribution < -0.4 is 9.47 Å². The molecule has 1 heterocycles. The molecule has 9 heteroatoms. The molecule has 0 radical (unpaired) electrons. The Morgan fingerprint density at radius 2 is 1.96 bits per heavy atom. The standard InChI is InChI=1S/C15H21NO7S/c1-20-13-5-4-11(8-14(13)21-2)6-7-16-9-12(23-15(16)17)10-22-24(3,18)19/h4-5,8,12H,6-7,9-10H2,1-3H3/t12-/m0/s1. The summed E-state index contributed by atoms with van der Waals surface area (Å²) in [5.74, 6) is 1.26. The summed E-state index contributed by atoms with van der Waals surface area (Å²) in [7, 11) is -0.424. The molecule has 0 spiro atoms. The van der Waals surface area contributed by atoms with Gasteiger partial charge in [-0.15, -0.1) is 0 Å². The molecule has 1 aliphatic heterocycles. The Bertz CT molecular complexity index is 689. The minimum Gasteiger partial charge on any atom is -0.493 e. The Morgan fingerprint density at radius 1 is 1.25 bits per heavy atom. The monoisotopic (exact) mass is 359 g/mol. The van der Waals surface area contributed by atoms with Gasteiger partial charge in [0.2, 0.25) is 0 Å². The van der Waals surface area contributed by atoms with Crippen molar-refractivity contribution in [2.45, 2.75) is 12.5 Å². The Hall–Kier alpha value is -2.00. The van der Waals surface area contributed by atoms with E-state index >= 15 is 0 Å². The van der Waals surface area contributed by atoms with E-state index in [4.69, 9.17) is 14.2 Å². The third-order valence-corrected chi connectivity index (χ3v) is 4.10. The second-order valence-corrected chi connectivity index (χ2v) is 7.02. The van der Waals surface area contributed by atoms with Crippen LogP contribution in [0.15, 0.2) is 18.2 Å². The Kier molecular flexibility index (Phi) is 5.89. The van der Waals surface area contributed by atoms with E-state index in [0.29, 0.717) is 31.0 Å². The molecule has 1 fully saturated rings. The van der Waals surface area contributed by atoms with E-state index in [-0.39, 0.29) is 6.61 Å². The van der Waals surface area contributed by atoms with Gasteiger partial charge in [0.15, 0.2) is 11.5 Å². The van der Waals surface area contributed by atoms with Crippen molar-refractivity contribution in [3.05, 3.63) is 23.8 Å². The second-order valence-electron chi connectivity index (χ2n) is 5.38. The predicted molar refractivity (Wildman–Crippen MR) is 85.9 cm³/mol. The molecule has 1 saturated heterocycles. The largest absolute Gasteiger partial charge is 0.493 e. The highest BCUT2D eigenvalue weighted by atomic mass is 32.2. The Balaban J connectivity index is 1.89. The van der Waals surface area contributed by atoms with Crippen LogP contribution in [-0.4, -0.2) is 65.7 Å². The number of nitrogens with zero attached hydrogens (tertiary/aromatic N) is 1. The van der Waals surface area contributed by atoms with Crippen LogP contribution in [0.3, 0.4) is 0 Å². The molecule has 8 nitrogen and oxygen atoms in total. The SMILES string of the molecule is COc1ccc(CCN2C[C@@H](COS(C)(=O)=O)OC2=O)cc1OC. The highest BCUT2D eigenvalue weighted by molar-refractivity contribution is 7.85. The number of carbonyl (C=O) groups excluding carboxylic acids is 1. The van der Waals surface area contributed by atoms with Crippen molar-refractivity contribution in [3.8, 4) is 11.5 Å². The third-order valence-electron chi connectivity index (χ3n) is 3.54. The van der Waals surface area contributed by atoms with Crippen molar-refractivity contribution in [2.24, 2.45) is 0 Å². The number of ether oxygens (including phenoxy) is 3. The van der Waals surface area contributed by atoms with Crippen molar-refractivity contribution < 1.29 is 31.6 Å². The summed E-state index contributed by atoms with van der Waals surface area (Å²) in [6.45, 7) is 0.572. The molecule has 1 aromatic carbocycles. The number of rotatable bonds is 8. The smallest absolute Gasteiger partial charge is 0.410 e. The lowest BCUT2D eigenvalue weighted by Gasteiger charge is -2.14. The molecule has 1 aromatic rings. The van der Waals surface area contributed by atoms with Gasteiger partial charge in [0.25, 0.3) is 10.1 Å². The van der Waals surface area contributed by atoms with Gasteiger partial charge >= 0.3 is 6.09 Å². The van der Waals surface area contributed by atoms with Gasteiger partial charge in [-0.05, 0) is 24.1 Å². The molecule has 0 aliphatic carbocycles. The number of hydrogen-bond donors (Lipinski definition) is 0. The van der Waals surface area contributed by atoms with Gasteiger partial charge < -0.3 is 19.1 Å². The van der Waals surface area contributed by atoms with Gasteiger partial charge in [0.05, 0.1) is 27.0 Å². The van der Waals surface area contributed by atoms with Crippen molar-refractivity contribution in [2.75, 3.05) is 40.2 Å². The molecule has 0 aromatic heterocycles. The average Bonchev–Trinajstić information content (AvgIpc) is 2.90. The van der Waals surface area contributed by atoms with E-state index in [9.17, 15) is 13.2 Å². The topological polar surface area (TPSA) is 91.4 Å². The van der Waals surface area contributed by atoms with Gasteiger partial charge in [-0.25, -0.2) is 4.79 Å². The summed E-state index contributed by atoms with van der Waals surface area (Å²) in [6.07, 6.45) is 0.503. The van der Waals surface area contributed by atoms with Crippen LogP contribution >= 0.6 is 0 Å². The minimum atomic E-state index is -3.55. The highest BCUT2D eigenvalue weighted by Crippen LogP contribution is 2.27. The van der Waals surface area contributed by atoms with Gasteiger partial charge in [-0.3, -0.25) is 4.18 Å². The van der Waals surface area contributed by atoms with Crippen molar-refractivity contribution in [3.63, 3.8) is 0 Å². The number of hydrogen-bond acceptors (Lipinski definition) is 7. The van der Waals surface area contributed by atoms with Crippen LogP contribution in [0.2, 0.25) is 0 Å². The molecule has 134 valence electrons. The summed E-state index contributed by atoms with van der Waals surface area (Å²) in [5.41, 5.74) is 0.983. The minimum absolute atomic E-state index is 0.169. The van der Waals surface area contributed by atoms with Crippen LogP contribution in [0.1, 0.15) is 5.56 Å². The number of benzene rings is 1. The zero-order valence-corrected chi connectivity index (χ0v) is 14.7. The molecule has 0 N–H and O–H groups in total. The molecule has 1 aliphatic rings. The van der Waals surface area contributed by atoms with Gasteiger partial charge in [0, 0.05) is 6.54 Å². The first-order chi connectivity index (χ1) is 11.3. The van der Waals surface area contributed by atoms with Crippen LogP contribution in [-0.2, 0) is 25.5 Å². The third kappa shape index (κ3) is 5.00. The van der Waals surface area contributed by atoms with Crippen molar-refractivity contribution in [1.29, 1.82) is 0 Å². The van der Waals surface area contributed by atoms with Crippen LogP contribution in [0.25, 0.3) is 0 Å². The van der Waals surface area contributed by atoms with Gasteiger partial charge in [-0.1, -0.05) is 6.07 Å². The normalized spacial score (nSPS) is 17.7. The zero-order chi connectivity index (χ0) is 17.7. The first-order valence-electron chi connectivity index (χ1n) is 7.33. The van der Waals surface area contributed by atoms with E-state index in [0.717, 1.165) is 11.8 Å². The number of amides is 1. The van der Waals surface area contributed by atoms with Crippen LogP contribution in [0, 0.1) is 0 Å². The molecule has 1 amide bonds. The van der Waals surface area contributed by atoms with E-state index in [2.05, 4.69) is 4.18 Å². The molecule has 2 rings (SSSR count). The molecule has 1 atom stereocenters. The lowest BCUT2D eigenvalue weighted by molar-refractivity contribution is 0.105. The Morgan fingerprint density at radius 3 is 2.58 bits per heavy atom. The molecular formula is C15H21NO7S. The quantitative estimate of drug-likeness (QED) is 0.641. The van der Waals surface area contributed by atoms with Crippen molar-refractivity contribution in [1.82, 2.24) is 4.90 Å². The van der Waals surface area contributed by atoms with Gasteiger partial charge in [-0.2, -0.15) is 8.42 Å². The number of methoxy groups -OCH3 is 2. The van der Waals surface area contributed by atoms with Crippen LogP contribution in [0.5, 0.6) is 11.5 Å². The first kappa shape index (κ1) is 18.3. The van der Waals surface area contributed by atoms with E-state index in [1.54, 1.807) is 20.3 Å². The summed E-state index contributed by atoms with van der Waals surface area (Å²) >= 11 is 0. The average molecular weight is 359 g/mol. The maximum absolute atomic E-state index is 11.8. The molecule has 0 bridgehead atoms. The number of carbonyl (C=O) groups is 1. The number of cyclic esters (lactones) is 1. The zero-order valence-electron chi connectivity index (χ0n) is 13.9. The van der Waals surface area contributed by atoms with Crippen LogP contribution in [0.4, 0.5) is 4.79 Å². The summed E-state index contributed by atoms with van der Waals surface area (Å²) in [4.78, 5) is 13.3. The first-order valence-corrected chi connectivity index (χ1v) is 9.15. The van der Waals surface area contributed by atoms with E-state index < -0.39 is 22.3 Å². The fourth-order valence-corrected chi connectivity index (χ4v) is 2.74. The van der Waals surface area contributed by atoms with E-state index in [1.165, 1.54) is 4.90 Å².